The van der Waals surface area contributed by atoms with E-state index in [9.17, 15) is 9.59 Å². The van der Waals surface area contributed by atoms with Crippen molar-refractivity contribution < 1.29 is 19.4 Å². The minimum atomic E-state index is -0.809. The Morgan fingerprint density at radius 2 is 2.30 bits per heavy atom. The summed E-state index contributed by atoms with van der Waals surface area (Å²) >= 11 is 1.37. The average molecular weight is 297 g/mol. The zero-order valence-corrected chi connectivity index (χ0v) is 12.3. The number of likely N-dealkylation sites (tertiary alicyclic amines) is 1. The Kier molecular flexibility index (Phi) is 5.00. The Morgan fingerprint density at radius 3 is 3.00 bits per heavy atom. The number of aliphatic carboxylic acids is 1. The zero-order valence-electron chi connectivity index (χ0n) is 11.5. The van der Waals surface area contributed by atoms with E-state index in [-0.39, 0.29) is 18.4 Å². The van der Waals surface area contributed by atoms with Gasteiger partial charge in [0.25, 0.3) is 5.91 Å². The Labute approximate surface area is 122 Å². The molecule has 2 heterocycles. The van der Waals surface area contributed by atoms with Crippen molar-refractivity contribution in [2.75, 3.05) is 13.7 Å². The third kappa shape index (κ3) is 3.30. The average Bonchev–Trinajstić information content (AvgIpc) is 2.93. The predicted octanol–water partition coefficient (Wildman–Crippen LogP) is 2.62. The third-order valence-electron chi connectivity index (χ3n) is 3.62. The van der Waals surface area contributed by atoms with Gasteiger partial charge in [0.1, 0.15) is 10.6 Å². The fourth-order valence-electron chi connectivity index (χ4n) is 2.60. The molecule has 1 unspecified atom stereocenters. The van der Waals surface area contributed by atoms with Gasteiger partial charge in [0.2, 0.25) is 0 Å². The van der Waals surface area contributed by atoms with E-state index in [1.807, 2.05) is 10.3 Å². The van der Waals surface area contributed by atoms with Crippen LogP contribution in [0.5, 0.6) is 5.75 Å². The summed E-state index contributed by atoms with van der Waals surface area (Å²) in [5, 5.41) is 10.6. The van der Waals surface area contributed by atoms with Crippen LogP contribution in [0.4, 0.5) is 0 Å². The summed E-state index contributed by atoms with van der Waals surface area (Å²) in [6.07, 6.45) is 3.54. The van der Waals surface area contributed by atoms with E-state index in [0.717, 1.165) is 19.3 Å². The number of ether oxygens (including phenoxy) is 1. The van der Waals surface area contributed by atoms with Crippen molar-refractivity contribution in [1.82, 2.24) is 4.90 Å². The minimum Gasteiger partial charge on any atom is -0.495 e. The summed E-state index contributed by atoms with van der Waals surface area (Å²) in [4.78, 5) is 25.8. The number of methoxy groups -OCH3 is 1. The summed E-state index contributed by atoms with van der Waals surface area (Å²) in [6, 6.07) is 1.81. The van der Waals surface area contributed by atoms with Gasteiger partial charge in [0, 0.05) is 19.0 Å². The molecule has 2 rings (SSSR count). The van der Waals surface area contributed by atoms with Crippen LogP contribution in [0, 0.1) is 0 Å². The molecule has 1 N–H and O–H groups in total. The van der Waals surface area contributed by atoms with Crippen molar-refractivity contribution in [2.24, 2.45) is 0 Å². The standard InChI is InChI=1S/C14H19NO4S/c1-19-11-7-9-20-13(11)14(18)15-8-3-2-4-10(15)5-6-12(16)17/h7,9-10H,2-6,8H2,1H3,(H,16,17). The van der Waals surface area contributed by atoms with Gasteiger partial charge in [-0.1, -0.05) is 0 Å². The molecule has 0 aliphatic carbocycles. The van der Waals surface area contributed by atoms with Crippen LogP contribution in [0.2, 0.25) is 0 Å². The van der Waals surface area contributed by atoms with E-state index in [2.05, 4.69) is 0 Å². The maximum atomic E-state index is 12.6. The number of carbonyl (C=O) groups is 2. The maximum absolute atomic E-state index is 12.6. The number of thiophene rings is 1. The molecule has 110 valence electrons. The lowest BCUT2D eigenvalue weighted by Crippen LogP contribution is -2.43. The zero-order chi connectivity index (χ0) is 14.5. The van der Waals surface area contributed by atoms with Crippen LogP contribution in [0.3, 0.4) is 0 Å². The van der Waals surface area contributed by atoms with Gasteiger partial charge in [-0.3, -0.25) is 9.59 Å². The molecule has 1 atom stereocenters. The smallest absolute Gasteiger partial charge is 0.303 e. The lowest BCUT2D eigenvalue weighted by atomic mass is 9.97. The molecule has 1 aliphatic heterocycles. The topological polar surface area (TPSA) is 66.8 Å². The van der Waals surface area contributed by atoms with Gasteiger partial charge in [0.15, 0.2) is 0 Å². The Morgan fingerprint density at radius 1 is 1.50 bits per heavy atom. The summed E-state index contributed by atoms with van der Waals surface area (Å²) in [5.41, 5.74) is 0. The number of rotatable bonds is 5. The number of carboxylic acid groups (broad SMARTS) is 1. The van der Waals surface area contributed by atoms with Crippen molar-refractivity contribution in [3.63, 3.8) is 0 Å². The first-order valence-electron chi connectivity index (χ1n) is 6.77. The second-order valence-corrected chi connectivity index (χ2v) is 5.81. The Balaban J connectivity index is 2.11. The third-order valence-corrected chi connectivity index (χ3v) is 4.51. The van der Waals surface area contributed by atoms with Gasteiger partial charge in [0.05, 0.1) is 7.11 Å². The van der Waals surface area contributed by atoms with Crippen molar-refractivity contribution in [1.29, 1.82) is 0 Å². The summed E-state index contributed by atoms with van der Waals surface area (Å²) in [6.45, 7) is 0.699. The first-order chi connectivity index (χ1) is 9.63. The second-order valence-electron chi connectivity index (χ2n) is 4.90. The molecule has 1 fully saturated rings. The molecule has 1 aromatic rings. The molecular formula is C14H19NO4S. The summed E-state index contributed by atoms with van der Waals surface area (Å²) in [5.74, 6) is -0.244. The lowest BCUT2D eigenvalue weighted by Gasteiger charge is -2.35. The van der Waals surface area contributed by atoms with Gasteiger partial charge >= 0.3 is 5.97 Å². The number of nitrogens with zero attached hydrogens (tertiary/aromatic N) is 1. The predicted molar refractivity (Wildman–Crippen MR) is 76.4 cm³/mol. The fourth-order valence-corrected chi connectivity index (χ4v) is 3.42. The molecule has 1 amide bonds. The summed E-state index contributed by atoms with van der Waals surface area (Å²) < 4.78 is 5.20. The van der Waals surface area contributed by atoms with Crippen molar-refractivity contribution in [3.8, 4) is 5.75 Å². The molecule has 0 radical (unpaired) electrons. The van der Waals surface area contributed by atoms with E-state index in [4.69, 9.17) is 9.84 Å². The van der Waals surface area contributed by atoms with Crippen LogP contribution in [0.25, 0.3) is 0 Å². The number of hydrogen-bond donors (Lipinski definition) is 1. The lowest BCUT2D eigenvalue weighted by molar-refractivity contribution is -0.137. The maximum Gasteiger partial charge on any atom is 0.303 e. The second kappa shape index (κ2) is 6.74. The largest absolute Gasteiger partial charge is 0.495 e. The Hall–Kier alpha value is -1.56. The van der Waals surface area contributed by atoms with E-state index in [1.54, 1.807) is 13.2 Å². The van der Waals surface area contributed by atoms with Crippen molar-refractivity contribution in [2.45, 2.75) is 38.1 Å². The number of amides is 1. The molecule has 6 heteroatoms. The van der Waals surface area contributed by atoms with Crippen LogP contribution in [-0.2, 0) is 4.79 Å². The normalized spacial score (nSPS) is 18.9. The Bertz CT molecular complexity index is 485. The quantitative estimate of drug-likeness (QED) is 0.907. The van der Waals surface area contributed by atoms with Crippen molar-refractivity contribution in [3.05, 3.63) is 16.3 Å². The molecule has 0 spiro atoms. The fraction of sp³-hybridized carbons (Fsp3) is 0.571. The SMILES string of the molecule is COc1ccsc1C(=O)N1CCCCC1CCC(=O)O. The van der Waals surface area contributed by atoms with Gasteiger partial charge in [-0.05, 0) is 37.1 Å². The van der Waals surface area contributed by atoms with Crippen LogP contribution in [0.1, 0.15) is 41.8 Å². The van der Waals surface area contributed by atoms with E-state index in [0.29, 0.717) is 23.6 Å². The highest BCUT2D eigenvalue weighted by Crippen LogP contribution is 2.29. The molecule has 5 nitrogen and oxygen atoms in total. The summed E-state index contributed by atoms with van der Waals surface area (Å²) in [7, 11) is 1.55. The number of carboxylic acids is 1. The van der Waals surface area contributed by atoms with Gasteiger partial charge in [-0.2, -0.15) is 0 Å². The highest BCUT2D eigenvalue weighted by molar-refractivity contribution is 7.12. The highest BCUT2D eigenvalue weighted by Gasteiger charge is 2.29. The molecular weight excluding hydrogens is 278 g/mol. The molecule has 20 heavy (non-hydrogen) atoms. The minimum absolute atomic E-state index is 0.0270. The van der Waals surface area contributed by atoms with E-state index < -0.39 is 5.97 Å². The monoisotopic (exact) mass is 297 g/mol. The molecule has 1 saturated heterocycles. The molecule has 0 saturated carbocycles. The van der Waals surface area contributed by atoms with Gasteiger partial charge in [-0.25, -0.2) is 0 Å². The molecule has 0 bridgehead atoms. The molecule has 1 aliphatic rings. The van der Waals surface area contributed by atoms with Gasteiger partial charge in [-0.15, -0.1) is 11.3 Å². The molecule has 1 aromatic heterocycles. The van der Waals surface area contributed by atoms with Crippen LogP contribution in [-0.4, -0.2) is 41.6 Å². The number of piperidine rings is 1. The van der Waals surface area contributed by atoms with Crippen molar-refractivity contribution >= 4 is 23.2 Å². The van der Waals surface area contributed by atoms with E-state index >= 15 is 0 Å². The first kappa shape index (κ1) is 14.8. The van der Waals surface area contributed by atoms with Gasteiger partial charge < -0.3 is 14.7 Å². The van der Waals surface area contributed by atoms with Crippen LogP contribution in [0.15, 0.2) is 11.4 Å². The van der Waals surface area contributed by atoms with E-state index in [1.165, 1.54) is 11.3 Å². The highest BCUT2D eigenvalue weighted by atomic mass is 32.1. The van der Waals surface area contributed by atoms with Crippen LogP contribution >= 0.6 is 11.3 Å². The van der Waals surface area contributed by atoms with Crippen LogP contribution < -0.4 is 4.74 Å². The first-order valence-corrected chi connectivity index (χ1v) is 7.65. The number of carbonyl (C=O) groups excluding carboxylic acids is 1. The molecule has 0 aromatic carbocycles. The number of hydrogen-bond acceptors (Lipinski definition) is 4.